The highest BCUT2D eigenvalue weighted by Crippen LogP contribution is 2.22. The number of carbonyl (C=O) groups excluding carboxylic acids is 1. The zero-order valence-corrected chi connectivity index (χ0v) is 13.0. The van der Waals surface area contributed by atoms with Crippen LogP contribution in [0.25, 0.3) is 0 Å². The SMILES string of the molecule is COc1cc(OC)cc(C(=O)Nn2c(C)nnc2SC)c1. The van der Waals surface area contributed by atoms with E-state index in [1.165, 1.54) is 26.0 Å². The van der Waals surface area contributed by atoms with E-state index < -0.39 is 0 Å². The summed E-state index contributed by atoms with van der Waals surface area (Å²) in [6.07, 6.45) is 1.86. The van der Waals surface area contributed by atoms with Crippen LogP contribution in [0.2, 0.25) is 0 Å². The maximum Gasteiger partial charge on any atom is 0.270 e. The van der Waals surface area contributed by atoms with E-state index in [0.717, 1.165) is 0 Å². The Morgan fingerprint density at radius 3 is 2.33 bits per heavy atom. The van der Waals surface area contributed by atoms with Gasteiger partial charge in [0.25, 0.3) is 5.91 Å². The van der Waals surface area contributed by atoms with E-state index in [0.29, 0.717) is 28.0 Å². The Balaban J connectivity index is 2.29. The molecule has 8 heteroatoms. The van der Waals surface area contributed by atoms with Crippen molar-refractivity contribution < 1.29 is 14.3 Å². The van der Waals surface area contributed by atoms with Gasteiger partial charge >= 0.3 is 0 Å². The highest BCUT2D eigenvalue weighted by atomic mass is 32.2. The summed E-state index contributed by atoms with van der Waals surface area (Å²) in [6.45, 7) is 1.76. The van der Waals surface area contributed by atoms with Crippen molar-refractivity contribution >= 4 is 17.7 Å². The van der Waals surface area contributed by atoms with E-state index in [2.05, 4.69) is 15.6 Å². The van der Waals surface area contributed by atoms with Gasteiger partial charge in [0, 0.05) is 11.6 Å². The van der Waals surface area contributed by atoms with Crippen LogP contribution in [-0.2, 0) is 0 Å². The molecular weight excluding hydrogens is 292 g/mol. The molecule has 21 heavy (non-hydrogen) atoms. The fraction of sp³-hybridized carbons (Fsp3) is 0.308. The maximum atomic E-state index is 12.4. The minimum absolute atomic E-state index is 0.301. The van der Waals surface area contributed by atoms with E-state index in [9.17, 15) is 4.79 Å². The predicted molar refractivity (Wildman–Crippen MR) is 79.8 cm³/mol. The van der Waals surface area contributed by atoms with E-state index >= 15 is 0 Å². The van der Waals surface area contributed by atoms with Gasteiger partial charge in [-0.15, -0.1) is 10.2 Å². The van der Waals surface area contributed by atoms with Gasteiger partial charge in [0.15, 0.2) is 0 Å². The first kappa shape index (κ1) is 15.2. The molecule has 0 saturated carbocycles. The molecule has 0 aliphatic carbocycles. The normalized spacial score (nSPS) is 10.3. The molecule has 0 bridgehead atoms. The van der Waals surface area contributed by atoms with Crippen molar-refractivity contribution in [2.24, 2.45) is 0 Å². The lowest BCUT2D eigenvalue weighted by Gasteiger charge is -2.11. The van der Waals surface area contributed by atoms with Crippen molar-refractivity contribution in [3.8, 4) is 11.5 Å². The summed E-state index contributed by atoms with van der Waals surface area (Å²) in [4.78, 5) is 12.4. The van der Waals surface area contributed by atoms with Crippen LogP contribution in [0.1, 0.15) is 16.2 Å². The average Bonchev–Trinajstić information content (AvgIpc) is 2.86. The number of hydrogen-bond acceptors (Lipinski definition) is 6. The number of nitrogens with one attached hydrogen (secondary N) is 1. The topological polar surface area (TPSA) is 78.3 Å². The number of ether oxygens (including phenoxy) is 2. The summed E-state index contributed by atoms with van der Waals surface area (Å²) < 4.78 is 11.9. The van der Waals surface area contributed by atoms with Crippen LogP contribution in [0.4, 0.5) is 0 Å². The number of hydrogen-bond donors (Lipinski definition) is 1. The molecule has 0 aliphatic heterocycles. The van der Waals surface area contributed by atoms with E-state index in [-0.39, 0.29) is 5.91 Å². The third-order valence-electron chi connectivity index (χ3n) is 2.80. The second-order valence-electron chi connectivity index (χ2n) is 4.11. The van der Waals surface area contributed by atoms with Crippen molar-refractivity contribution in [2.75, 3.05) is 25.9 Å². The third-order valence-corrected chi connectivity index (χ3v) is 3.43. The van der Waals surface area contributed by atoms with Crippen LogP contribution >= 0.6 is 11.8 Å². The first-order chi connectivity index (χ1) is 10.1. The molecule has 2 aromatic rings. The minimum Gasteiger partial charge on any atom is -0.497 e. The van der Waals surface area contributed by atoms with E-state index in [1.807, 2.05) is 6.26 Å². The van der Waals surface area contributed by atoms with Gasteiger partial charge in [-0.25, -0.2) is 4.68 Å². The number of benzene rings is 1. The fourth-order valence-electron chi connectivity index (χ4n) is 1.71. The zero-order chi connectivity index (χ0) is 15.4. The largest absolute Gasteiger partial charge is 0.497 e. The summed E-state index contributed by atoms with van der Waals surface area (Å²) in [6, 6.07) is 4.97. The van der Waals surface area contributed by atoms with Crippen LogP contribution in [0.15, 0.2) is 23.4 Å². The molecule has 112 valence electrons. The van der Waals surface area contributed by atoms with Gasteiger partial charge in [-0.2, -0.15) is 0 Å². The first-order valence-corrected chi connectivity index (χ1v) is 7.32. The molecule has 0 spiro atoms. The zero-order valence-electron chi connectivity index (χ0n) is 12.2. The molecule has 1 heterocycles. The van der Waals surface area contributed by atoms with Gasteiger partial charge in [0.1, 0.15) is 17.3 Å². The van der Waals surface area contributed by atoms with Crippen LogP contribution in [0.3, 0.4) is 0 Å². The Morgan fingerprint density at radius 2 is 1.81 bits per heavy atom. The molecule has 7 nitrogen and oxygen atoms in total. The second-order valence-corrected chi connectivity index (χ2v) is 4.88. The standard InChI is InChI=1S/C13H16N4O3S/c1-8-14-15-13(21-4)17(8)16-12(18)9-5-10(19-2)7-11(6-9)20-3/h5-7H,1-4H3,(H,16,18). The molecule has 1 amide bonds. The summed E-state index contributed by atoms with van der Waals surface area (Å²) in [7, 11) is 3.07. The average molecular weight is 308 g/mol. The lowest BCUT2D eigenvalue weighted by Crippen LogP contribution is -2.24. The van der Waals surface area contributed by atoms with Crippen LogP contribution in [0.5, 0.6) is 11.5 Å². The van der Waals surface area contributed by atoms with Crippen LogP contribution in [0, 0.1) is 6.92 Å². The molecule has 0 unspecified atom stereocenters. The fourth-order valence-corrected chi connectivity index (χ4v) is 2.19. The predicted octanol–water partition coefficient (Wildman–Crippen LogP) is 1.71. The number of methoxy groups -OCH3 is 2. The van der Waals surface area contributed by atoms with Gasteiger partial charge in [0.2, 0.25) is 5.16 Å². The number of thioether (sulfide) groups is 1. The highest BCUT2D eigenvalue weighted by Gasteiger charge is 2.14. The van der Waals surface area contributed by atoms with Gasteiger partial charge in [-0.1, -0.05) is 11.8 Å². The second kappa shape index (κ2) is 6.49. The van der Waals surface area contributed by atoms with Gasteiger partial charge in [0.05, 0.1) is 14.2 Å². The molecule has 1 N–H and O–H groups in total. The number of aryl methyl sites for hydroxylation is 1. The van der Waals surface area contributed by atoms with Gasteiger partial charge in [-0.3, -0.25) is 10.2 Å². The molecule has 1 aromatic carbocycles. The van der Waals surface area contributed by atoms with Crippen molar-refractivity contribution in [3.63, 3.8) is 0 Å². The molecule has 0 fully saturated rings. The Bertz CT molecular complexity index is 635. The molecule has 0 atom stereocenters. The minimum atomic E-state index is -0.301. The van der Waals surface area contributed by atoms with Crippen LogP contribution in [-0.4, -0.2) is 41.3 Å². The van der Waals surface area contributed by atoms with Crippen LogP contribution < -0.4 is 14.9 Å². The number of carbonyl (C=O) groups is 1. The summed E-state index contributed by atoms with van der Waals surface area (Å²) in [5.41, 5.74) is 3.17. The molecule has 2 rings (SSSR count). The molecule has 1 aromatic heterocycles. The van der Waals surface area contributed by atoms with E-state index in [4.69, 9.17) is 9.47 Å². The Hall–Kier alpha value is -2.22. The van der Waals surface area contributed by atoms with Crippen molar-refractivity contribution in [1.29, 1.82) is 0 Å². The van der Waals surface area contributed by atoms with Crippen molar-refractivity contribution in [3.05, 3.63) is 29.6 Å². The highest BCUT2D eigenvalue weighted by molar-refractivity contribution is 7.98. The summed E-state index contributed by atoms with van der Waals surface area (Å²) >= 11 is 1.39. The first-order valence-electron chi connectivity index (χ1n) is 6.09. The van der Waals surface area contributed by atoms with Gasteiger partial charge in [-0.05, 0) is 25.3 Å². The molecule has 0 aliphatic rings. The van der Waals surface area contributed by atoms with Crippen molar-refractivity contribution in [2.45, 2.75) is 12.1 Å². The maximum absolute atomic E-state index is 12.4. The number of rotatable bonds is 5. The smallest absolute Gasteiger partial charge is 0.270 e. The number of aromatic nitrogens is 3. The number of nitrogens with zero attached hydrogens (tertiary/aromatic N) is 3. The third kappa shape index (κ3) is 3.27. The Morgan fingerprint density at radius 1 is 1.19 bits per heavy atom. The summed E-state index contributed by atoms with van der Waals surface area (Å²) in [5.74, 6) is 1.39. The Labute approximate surface area is 126 Å². The number of amides is 1. The molecule has 0 radical (unpaired) electrons. The lowest BCUT2D eigenvalue weighted by atomic mass is 10.2. The quantitative estimate of drug-likeness (QED) is 0.847. The van der Waals surface area contributed by atoms with Crippen molar-refractivity contribution in [1.82, 2.24) is 14.9 Å². The van der Waals surface area contributed by atoms with E-state index in [1.54, 1.807) is 29.8 Å². The summed E-state index contributed by atoms with van der Waals surface area (Å²) in [5, 5.41) is 8.50. The lowest BCUT2D eigenvalue weighted by molar-refractivity contribution is 0.100. The Kier molecular flexibility index (Phi) is 4.69. The monoisotopic (exact) mass is 308 g/mol. The molecule has 0 saturated heterocycles. The van der Waals surface area contributed by atoms with Gasteiger partial charge < -0.3 is 9.47 Å². The molecular formula is C13H16N4O3S.